The maximum absolute atomic E-state index is 11.8. The highest BCUT2D eigenvalue weighted by Gasteiger charge is 2.15. The lowest BCUT2D eigenvalue weighted by molar-refractivity contribution is -0.117. The molecule has 3 N–H and O–H groups in total. The first-order valence-corrected chi connectivity index (χ1v) is 9.55. The molecule has 2 amide bonds. The third-order valence-corrected chi connectivity index (χ3v) is 4.65. The molecule has 3 aromatic rings. The molecule has 0 unspecified atom stereocenters. The SMILES string of the molecule is CCn1ncc2c(-c3cccc(C#C[C@H](O)CCN(C)C=O)c3)nc(C(N)=O)cc21. The lowest BCUT2D eigenvalue weighted by Gasteiger charge is -2.10. The van der Waals surface area contributed by atoms with Crippen LogP contribution in [0.2, 0.25) is 0 Å². The van der Waals surface area contributed by atoms with Crippen LogP contribution in [0, 0.1) is 11.8 Å². The largest absolute Gasteiger partial charge is 0.380 e. The number of pyridine rings is 1. The fourth-order valence-corrected chi connectivity index (χ4v) is 3.03. The minimum atomic E-state index is -0.845. The second-order valence-corrected chi connectivity index (χ2v) is 6.85. The molecule has 8 heteroatoms. The second kappa shape index (κ2) is 9.20. The van der Waals surface area contributed by atoms with E-state index in [1.165, 1.54) is 4.90 Å². The third kappa shape index (κ3) is 4.64. The van der Waals surface area contributed by atoms with Gasteiger partial charge in [-0.1, -0.05) is 24.0 Å². The van der Waals surface area contributed by atoms with E-state index >= 15 is 0 Å². The number of rotatable bonds is 7. The Balaban J connectivity index is 1.96. The van der Waals surface area contributed by atoms with Crippen LogP contribution in [0.5, 0.6) is 0 Å². The normalized spacial score (nSPS) is 11.6. The van der Waals surface area contributed by atoms with Crippen molar-refractivity contribution >= 4 is 23.2 Å². The van der Waals surface area contributed by atoms with E-state index in [4.69, 9.17) is 5.73 Å². The van der Waals surface area contributed by atoms with Crippen molar-refractivity contribution in [1.29, 1.82) is 0 Å². The highest BCUT2D eigenvalue weighted by atomic mass is 16.3. The molecule has 30 heavy (non-hydrogen) atoms. The number of nitrogens with zero attached hydrogens (tertiary/aromatic N) is 4. The average molecular weight is 405 g/mol. The Morgan fingerprint density at radius 3 is 2.90 bits per heavy atom. The van der Waals surface area contributed by atoms with Crippen LogP contribution >= 0.6 is 0 Å². The molecule has 0 bridgehead atoms. The molecular formula is C22H23N5O3. The Kier molecular flexibility index (Phi) is 6.45. The van der Waals surface area contributed by atoms with Crippen molar-refractivity contribution in [3.8, 4) is 23.1 Å². The van der Waals surface area contributed by atoms with Gasteiger partial charge in [-0.3, -0.25) is 14.3 Å². The highest BCUT2D eigenvalue weighted by Crippen LogP contribution is 2.28. The van der Waals surface area contributed by atoms with Gasteiger partial charge in [-0.2, -0.15) is 5.10 Å². The number of hydrogen-bond donors (Lipinski definition) is 2. The van der Waals surface area contributed by atoms with E-state index in [0.717, 1.165) is 16.5 Å². The maximum atomic E-state index is 11.8. The van der Waals surface area contributed by atoms with Gasteiger partial charge in [0.05, 0.1) is 17.4 Å². The van der Waals surface area contributed by atoms with Crippen LogP contribution in [0.1, 0.15) is 29.4 Å². The summed E-state index contributed by atoms with van der Waals surface area (Å²) in [6.07, 6.45) is 1.94. The van der Waals surface area contributed by atoms with E-state index < -0.39 is 12.0 Å². The number of carbonyl (C=O) groups excluding carboxylic acids is 2. The molecular weight excluding hydrogens is 382 g/mol. The highest BCUT2D eigenvalue weighted by molar-refractivity contribution is 5.99. The number of aromatic nitrogens is 3. The van der Waals surface area contributed by atoms with Crippen LogP contribution in [0.25, 0.3) is 22.2 Å². The summed E-state index contributed by atoms with van der Waals surface area (Å²) in [4.78, 5) is 28.3. The number of aliphatic hydroxyl groups is 1. The van der Waals surface area contributed by atoms with Crippen LogP contribution in [0.4, 0.5) is 0 Å². The topological polar surface area (TPSA) is 114 Å². The van der Waals surface area contributed by atoms with Crippen molar-refractivity contribution < 1.29 is 14.7 Å². The molecule has 0 fully saturated rings. The Bertz CT molecular complexity index is 1140. The molecule has 0 aliphatic rings. The Labute approximate surface area is 174 Å². The molecule has 3 rings (SSSR count). The molecule has 0 saturated heterocycles. The predicted octanol–water partition coefficient (Wildman–Crippen LogP) is 1.41. The zero-order chi connectivity index (χ0) is 21.7. The lowest BCUT2D eigenvalue weighted by Crippen LogP contribution is -2.21. The van der Waals surface area contributed by atoms with Crippen molar-refractivity contribution in [1.82, 2.24) is 19.7 Å². The number of amides is 2. The van der Waals surface area contributed by atoms with Crippen molar-refractivity contribution in [2.24, 2.45) is 5.73 Å². The van der Waals surface area contributed by atoms with Gasteiger partial charge in [0.15, 0.2) is 0 Å². The number of hydrogen-bond acceptors (Lipinski definition) is 5. The molecule has 0 spiro atoms. The van der Waals surface area contributed by atoms with Crippen LogP contribution in [0.15, 0.2) is 36.5 Å². The number of primary amides is 1. The van der Waals surface area contributed by atoms with Gasteiger partial charge in [0.1, 0.15) is 11.8 Å². The van der Waals surface area contributed by atoms with Crippen molar-refractivity contribution in [2.75, 3.05) is 13.6 Å². The monoisotopic (exact) mass is 405 g/mol. The van der Waals surface area contributed by atoms with Crippen LogP contribution in [-0.4, -0.2) is 56.8 Å². The third-order valence-electron chi connectivity index (χ3n) is 4.65. The average Bonchev–Trinajstić information content (AvgIpc) is 3.18. The number of aliphatic hydroxyl groups excluding tert-OH is 1. The zero-order valence-corrected chi connectivity index (χ0v) is 16.9. The van der Waals surface area contributed by atoms with E-state index in [1.807, 2.05) is 31.2 Å². The fourth-order valence-electron chi connectivity index (χ4n) is 3.03. The molecule has 2 aromatic heterocycles. The first-order valence-electron chi connectivity index (χ1n) is 9.55. The van der Waals surface area contributed by atoms with Gasteiger partial charge in [-0.15, -0.1) is 0 Å². The number of carbonyl (C=O) groups is 2. The molecule has 2 heterocycles. The minimum absolute atomic E-state index is 0.166. The van der Waals surface area contributed by atoms with E-state index in [0.29, 0.717) is 37.2 Å². The van der Waals surface area contributed by atoms with Gasteiger partial charge in [-0.25, -0.2) is 4.98 Å². The zero-order valence-electron chi connectivity index (χ0n) is 16.9. The molecule has 8 nitrogen and oxygen atoms in total. The second-order valence-electron chi connectivity index (χ2n) is 6.85. The van der Waals surface area contributed by atoms with Crippen LogP contribution < -0.4 is 5.73 Å². The number of nitrogens with two attached hydrogens (primary N) is 1. The molecule has 0 saturated carbocycles. The quantitative estimate of drug-likeness (QED) is 0.456. The van der Waals surface area contributed by atoms with Crippen molar-refractivity contribution in [2.45, 2.75) is 26.0 Å². The maximum Gasteiger partial charge on any atom is 0.267 e. The summed E-state index contributed by atoms with van der Waals surface area (Å²) in [5.74, 6) is 5.13. The van der Waals surface area contributed by atoms with Crippen molar-refractivity contribution in [3.63, 3.8) is 0 Å². The van der Waals surface area contributed by atoms with Crippen LogP contribution in [0.3, 0.4) is 0 Å². The standard InChI is InChI=1S/C22H23N5O3/c1-3-27-20-12-19(22(23)30)25-21(18(20)13-24-27)16-6-4-5-15(11-16)7-8-17(29)9-10-26(2)14-28/h4-6,11-14,17,29H,3,9-10H2,1-2H3,(H2,23,30)/t17-/m0/s1. The van der Waals surface area contributed by atoms with E-state index in [1.54, 1.807) is 24.0 Å². The van der Waals surface area contributed by atoms with Gasteiger partial charge < -0.3 is 15.7 Å². The van der Waals surface area contributed by atoms with E-state index in [2.05, 4.69) is 21.9 Å². The number of benzene rings is 1. The van der Waals surface area contributed by atoms with E-state index in [-0.39, 0.29) is 5.69 Å². The van der Waals surface area contributed by atoms with Gasteiger partial charge in [0.2, 0.25) is 6.41 Å². The Morgan fingerprint density at radius 2 is 2.20 bits per heavy atom. The first kappa shape index (κ1) is 21.0. The summed E-state index contributed by atoms with van der Waals surface area (Å²) in [6, 6.07) is 9.02. The summed E-state index contributed by atoms with van der Waals surface area (Å²) in [7, 11) is 1.64. The number of aryl methyl sites for hydroxylation is 1. The molecule has 0 aliphatic carbocycles. The smallest absolute Gasteiger partial charge is 0.267 e. The molecule has 0 aliphatic heterocycles. The minimum Gasteiger partial charge on any atom is -0.380 e. The predicted molar refractivity (Wildman–Crippen MR) is 113 cm³/mol. The summed E-state index contributed by atoms with van der Waals surface area (Å²) in [6.45, 7) is 3.03. The molecule has 1 atom stereocenters. The van der Waals surface area contributed by atoms with E-state index in [9.17, 15) is 14.7 Å². The Morgan fingerprint density at radius 1 is 1.40 bits per heavy atom. The van der Waals surface area contributed by atoms with Crippen molar-refractivity contribution in [3.05, 3.63) is 47.8 Å². The summed E-state index contributed by atoms with van der Waals surface area (Å²) >= 11 is 0. The van der Waals surface area contributed by atoms with Gasteiger partial charge in [0.25, 0.3) is 5.91 Å². The molecule has 154 valence electrons. The van der Waals surface area contributed by atoms with Gasteiger partial charge in [-0.05, 0) is 25.1 Å². The molecule has 1 aromatic carbocycles. The fraction of sp³-hybridized carbons (Fsp3) is 0.273. The molecule has 0 radical (unpaired) electrons. The van der Waals surface area contributed by atoms with Crippen LogP contribution in [-0.2, 0) is 11.3 Å². The van der Waals surface area contributed by atoms with Gasteiger partial charge >= 0.3 is 0 Å². The summed E-state index contributed by atoms with van der Waals surface area (Å²) < 4.78 is 1.78. The summed E-state index contributed by atoms with van der Waals surface area (Å²) in [5.41, 5.74) is 8.47. The summed E-state index contributed by atoms with van der Waals surface area (Å²) in [5, 5.41) is 15.2. The number of fused-ring (bicyclic) bond motifs is 1. The lowest BCUT2D eigenvalue weighted by atomic mass is 10.0. The first-order chi connectivity index (χ1) is 14.4. The van der Waals surface area contributed by atoms with Gasteiger partial charge in [0, 0.05) is 43.1 Å². The Hall–Kier alpha value is -3.70.